The quantitative estimate of drug-likeness (QED) is 0.445. The van der Waals surface area contributed by atoms with E-state index in [9.17, 15) is 9.59 Å². The highest BCUT2D eigenvalue weighted by Crippen LogP contribution is 2.27. The smallest absolute Gasteiger partial charge is 0.407 e. The van der Waals surface area contributed by atoms with Crippen molar-refractivity contribution >= 4 is 17.6 Å². The number of aromatic nitrogens is 1. The molecular weight excluding hydrogens is 390 g/mol. The van der Waals surface area contributed by atoms with E-state index in [2.05, 4.69) is 10.3 Å². The second kappa shape index (κ2) is 9.43. The van der Waals surface area contributed by atoms with Crippen molar-refractivity contribution in [3.63, 3.8) is 0 Å². The van der Waals surface area contributed by atoms with Crippen LogP contribution in [-0.2, 0) is 17.7 Å². The van der Waals surface area contributed by atoms with Gasteiger partial charge in [0.25, 0.3) is 0 Å². The Bertz CT molecular complexity index is 1070. The van der Waals surface area contributed by atoms with Gasteiger partial charge < -0.3 is 15.8 Å². The van der Waals surface area contributed by atoms with Gasteiger partial charge in [-0.15, -0.1) is 0 Å². The third-order valence-electron chi connectivity index (χ3n) is 4.57. The zero-order valence-corrected chi connectivity index (χ0v) is 18.0. The van der Waals surface area contributed by atoms with Gasteiger partial charge in [0.15, 0.2) is 5.78 Å². The number of ether oxygens (including phenoxy) is 1. The van der Waals surface area contributed by atoms with E-state index in [-0.39, 0.29) is 18.7 Å². The Kier molecular flexibility index (Phi) is 6.70. The number of hydrogen-bond donors (Lipinski definition) is 2. The highest BCUT2D eigenvalue weighted by Gasteiger charge is 2.17. The molecule has 6 heteroatoms. The minimum atomic E-state index is -0.579. The van der Waals surface area contributed by atoms with Gasteiger partial charge in [-0.05, 0) is 73.4 Å². The number of amides is 1. The number of nitrogens with one attached hydrogen (secondary N) is 1. The van der Waals surface area contributed by atoms with Gasteiger partial charge in [-0.2, -0.15) is 0 Å². The lowest BCUT2D eigenvalue weighted by Gasteiger charge is -2.20. The molecule has 1 amide bonds. The number of nitrogen functional groups attached to an aromatic ring is 1. The minimum Gasteiger partial charge on any atom is -0.444 e. The molecule has 1 heterocycles. The van der Waals surface area contributed by atoms with Crippen molar-refractivity contribution in [2.45, 2.75) is 39.3 Å². The number of rotatable bonds is 6. The fraction of sp³-hybridized carbons (Fsp3) is 0.240. The lowest BCUT2D eigenvalue weighted by atomic mass is 9.94. The van der Waals surface area contributed by atoms with E-state index in [4.69, 9.17) is 10.5 Å². The molecule has 0 aliphatic carbocycles. The molecule has 0 aliphatic rings. The lowest BCUT2D eigenvalue weighted by Crippen LogP contribution is -2.32. The van der Waals surface area contributed by atoms with Crippen LogP contribution in [0.15, 0.2) is 67.0 Å². The van der Waals surface area contributed by atoms with Crippen LogP contribution in [-0.4, -0.2) is 22.5 Å². The third-order valence-corrected chi connectivity index (χ3v) is 4.57. The number of nitrogens with two attached hydrogens (primary N) is 1. The lowest BCUT2D eigenvalue weighted by molar-refractivity contribution is 0.0523. The van der Waals surface area contributed by atoms with Gasteiger partial charge in [-0.1, -0.05) is 24.3 Å². The van der Waals surface area contributed by atoms with Crippen molar-refractivity contribution in [3.05, 3.63) is 83.7 Å². The minimum absolute atomic E-state index is 0.00278. The van der Waals surface area contributed by atoms with Crippen molar-refractivity contribution in [1.82, 2.24) is 10.3 Å². The van der Waals surface area contributed by atoms with Crippen LogP contribution in [0.1, 0.15) is 42.3 Å². The number of hydrogen-bond acceptors (Lipinski definition) is 5. The van der Waals surface area contributed by atoms with E-state index in [1.165, 1.54) is 0 Å². The van der Waals surface area contributed by atoms with Crippen LogP contribution in [0.5, 0.6) is 0 Å². The predicted octanol–water partition coefficient (Wildman–Crippen LogP) is 4.78. The molecule has 3 aromatic rings. The Hall–Kier alpha value is -3.67. The van der Waals surface area contributed by atoms with Crippen LogP contribution >= 0.6 is 0 Å². The van der Waals surface area contributed by atoms with E-state index >= 15 is 0 Å². The summed E-state index contributed by atoms with van der Waals surface area (Å²) in [5.74, 6) is 0.00278. The summed E-state index contributed by atoms with van der Waals surface area (Å²) in [6.45, 7) is 5.70. The molecule has 2 aromatic carbocycles. The largest absolute Gasteiger partial charge is 0.444 e. The van der Waals surface area contributed by atoms with Crippen LogP contribution in [0, 0.1) is 0 Å². The molecule has 0 fully saturated rings. The maximum Gasteiger partial charge on any atom is 0.407 e. The zero-order valence-electron chi connectivity index (χ0n) is 18.0. The highest BCUT2D eigenvalue weighted by atomic mass is 16.6. The molecular formula is C25H27N3O3. The number of Topliss-reactive ketones (excluding diaryl/α,β-unsaturated/α-hetero) is 1. The van der Waals surface area contributed by atoms with Gasteiger partial charge in [0.1, 0.15) is 5.60 Å². The molecule has 0 atom stereocenters. The average molecular weight is 418 g/mol. The molecule has 0 saturated heterocycles. The van der Waals surface area contributed by atoms with Crippen molar-refractivity contribution < 1.29 is 14.3 Å². The number of nitrogens with zero attached hydrogens (tertiary/aromatic N) is 1. The molecule has 1 aromatic heterocycles. The first-order chi connectivity index (χ1) is 14.7. The predicted molar refractivity (Wildman–Crippen MR) is 122 cm³/mol. The summed E-state index contributed by atoms with van der Waals surface area (Å²) in [5, 5.41) is 2.78. The van der Waals surface area contributed by atoms with Crippen molar-refractivity contribution in [1.29, 1.82) is 0 Å². The number of anilines is 1. The van der Waals surface area contributed by atoms with Gasteiger partial charge in [-0.25, -0.2) is 4.79 Å². The molecule has 0 unspecified atom stereocenters. The van der Waals surface area contributed by atoms with E-state index in [1.54, 1.807) is 24.5 Å². The Labute approximate surface area is 182 Å². The van der Waals surface area contributed by atoms with E-state index in [1.807, 2.05) is 63.2 Å². The molecule has 0 aliphatic heterocycles. The number of carbonyl (C=O) groups excluding carboxylic acids is 2. The van der Waals surface area contributed by atoms with E-state index < -0.39 is 11.7 Å². The monoisotopic (exact) mass is 417 g/mol. The molecule has 0 bridgehead atoms. The summed E-state index contributed by atoms with van der Waals surface area (Å²) in [5.41, 5.74) is 10.1. The topological polar surface area (TPSA) is 94.3 Å². The number of pyridine rings is 1. The van der Waals surface area contributed by atoms with Crippen LogP contribution in [0.2, 0.25) is 0 Å². The summed E-state index contributed by atoms with van der Waals surface area (Å²) < 4.78 is 5.32. The molecule has 3 N–H and O–H groups in total. The molecule has 3 rings (SSSR count). The Morgan fingerprint density at radius 3 is 2.45 bits per heavy atom. The van der Waals surface area contributed by atoms with Crippen LogP contribution < -0.4 is 11.1 Å². The van der Waals surface area contributed by atoms with Crippen LogP contribution in [0.4, 0.5) is 10.5 Å². The molecule has 0 radical (unpaired) electrons. The Morgan fingerprint density at radius 2 is 1.77 bits per heavy atom. The van der Waals surface area contributed by atoms with Gasteiger partial charge in [0.05, 0.1) is 0 Å². The van der Waals surface area contributed by atoms with Crippen molar-refractivity contribution in [3.8, 4) is 11.1 Å². The molecule has 160 valence electrons. The summed E-state index contributed by atoms with van der Waals surface area (Å²) >= 11 is 0. The van der Waals surface area contributed by atoms with Crippen molar-refractivity contribution in [2.24, 2.45) is 0 Å². The Balaban J connectivity index is 1.88. The highest BCUT2D eigenvalue weighted by molar-refractivity contribution is 5.99. The maximum atomic E-state index is 12.9. The second-order valence-corrected chi connectivity index (χ2v) is 8.31. The fourth-order valence-electron chi connectivity index (χ4n) is 3.15. The zero-order chi connectivity index (χ0) is 22.4. The van der Waals surface area contributed by atoms with Gasteiger partial charge in [-0.3, -0.25) is 9.78 Å². The molecule has 31 heavy (non-hydrogen) atoms. The number of benzene rings is 2. The maximum absolute atomic E-state index is 12.9. The number of ketones is 1. The van der Waals surface area contributed by atoms with E-state index in [0.717, 1.165) is 22.3 Å². The summed E-state index contributed by atoms with van der Waals surface area (Å²) in [4.78, 5) is 29.0. The number of carbonyl (C=O) groups is 2. The second-order valence-electron chi connectivity index (χ2n) is 8.31. The van der Waals surface area contributed by atoms with Crippen LogP contribution in [0.3, 0.4) is 0 Å². The number of alkyl carbamates (subject to hydrolysis) is 1. The van der Waals surface area contributed by atoms with Gasteiger partial charge in [0, 0.05) is 36.6 Å². The molecule has 0 spiro atoms. The first kappa shape index (κ1) is 22.0. The molecule has 6 nitrogen and oxygen atoms in total. The van der Waals surface area contributed by atoms with Gasteiger partial charge in [0.2, 0.25) is 0 Å². The fourth-order valence-corrected chi connectivity index (χ4v) is 3.15. The average Bonchev–Trinajstić information content (AvgIpc) is 2.71. The van der Waals surface area contributed by atoms with Gasteiger partial charge >= 0.3 is 6.09 Å². The Morgan fingerprint density at radius 1 is 1.03 bits per heavy atom. The normalized spacial score (nSPS) is 11.1. The molecule has 0 saturated carbocycles. The summed E-state index contributed by atoms with van der Waals surface area (Å²) in [7, 11) is 0. The van der Waals surface area contributed by atoms with E-state index in [0.29, 0.717) is 11.3 Å². The standard InChI is InChI=1S/C25H27N3O3/c1-25(2,3)31-24(30)28-16-20-8-7-19(23(29)13-17-9-11-27-12-10-17)15-22(20)18-5-4-6-21(26)14-18/h4-12,14-15H,13,16,26H2,1-3H3,(H,28,30). The third kappa shape index (κ3) is 6.40. The first-order valence-corrected chi connectivity index (χ1v) is 10.1. The summed E-state index contributed by atoms with van der Waals surface area (Å²) in [6.07, 6.45) is 3.14. The van der Waals surface area contributed by atoms with Crippen LogP contribution in [0.25, 0.3) is 11.1 Å². The first-order valence-electron chi connectivity index (χ1n) is 10.1. The summed E-state index contributed by atoms with van der Waals surface area (Å²) in [6, 6.07) is 16.6. The SMILES string of the molecule is CC(C)(C)OC(=O)NCc1ccc(C(=O)Cc2ccncc2)cc1-c1cccc(N)c1. The van der Waals surface area contributed by atoms with Crippen molar-refractivity contribution in [2.75, 3.05) is 5.73 Å².